The summed E-state index contributed by atoms with van der Waals surface area (Å²) in [6.07, 6.45) is 0. The maximum absolute atomic E-state index is 6.11. The van der Waals surface area contributed by atoms with Crippen LogP contribution in [0, 0.1) is 6.92 Å². The van der Waals surface area contributed by atoms with Gasteiger partial charge in [-0.2, -0.15) is 0 Å². The number of rotatable bonds is 2. The molecule has 0 saturated heterocycles. The van der Waals surface area contributed by atoms with E-state index in [0.29, 0.717) is 5.02 Å². The summed E-state index contributed by atoms with van der Waals surface area (Å²) < 4.78 is 5.22. The Kier molecular flexibility index (Phi) is 3.07. The molecule has 0 bridgehead atoms. The quantitative estimate of drug-likeness (QED) is 0.820. The highest BCUT2D eigenvalue weighted by Crippen LogP contribution is 2.32. The summed E-state index contributed by atoms with van der Waals surface area (Å²) >= 11 is 6.11. The molecule has 0 aromatic heterocycles. The molecule has 0 aliphatic rings. The second-order valence-electron chi connectivity index (χ2n) is 4.02. The first-order valence-corrected chi connectivity index (χ1v) is 4.87. The van der Waals surface area contributed by atoms with Crippen LogP contribution in [0.15, 0.2) is 12.1 Å². The first kappa shape index (κ1) is 11.3. The SMILES string of the molecule is COc1cc(C(C)(C)N)c(Cl)cc1C. The highest BCUT2D eigenvalue weighted by Gasteiger charge is 2.19. The van der Waals surface area contributed by atoms with Crippen molar-refractivity contribution in [3.63, 3.8) is 0 Å². The van der Waals surface area contributed by atoms with Gasteiger partial charge in [-0.25, -0.2) is 0 Å². The zero-order valence-corrected chi connectivity index (χ0v) is 9.77. The number of methoxy groups -OCH3 is 1. The molecule has 0 unspecified atom stereocenters. The third kappa shape index (κ3) is 2.20. The van der Waals surface area contributed by atoms with Gasteiger partial charge in [0.05, 0.1) is 7.11 Å². The van der Waals surface area contributed by atoms with Crippen molar-refractivity contribution in [1.29, 1.82) is 0 Å². The lowest BCUT2D eigenvalue weighted by Crippen LogP contribution is -2.29. The van der Waals surface area contributed by atoms with Crippen molar-refractivity contribution in [3.05, 3.63) is 28.3 Å². The topological polar surface area (TPSA) is 35.2 Å². The van der Waals surface area contributed by atoms with Gasteiger partial charge < -0.3 is 10.5 Å². The van der Waals surface area contributed by atoms with Crippen molar-refractivity contribution in [3.8, 4) is 5.75 Å². The predicted molar refractivity (Wildman–Crippen MR) is 60.0 cm³/mol. The number of aryl methyl sites for hydroxylation is 1. The largest absolute Gasteiger partial charge is 0.496 e. The van der Waals surface area contributed by atoms with Crippen LogP contribution in [0.5, 0.6) is 5.75 Å². The van der Waals surface area contributed by atoms with E-state index in [1.165, 1.54) is 0 Å². The van der Waals surface area contributed by atoms with E-state index in [2.05, 4.69) is 0 Å². The van der Waals surface area contributed by atoms with Crippen LogP contribution in [-0.4, -0.2) is 7.11 Å². The van der Waals surface area contributed by atoms with Crippen molar-refractivity contribution in [2.75, 3.05) is 7.11 Å². The molecule has 0 spiro atoms. The molecule has 0 aliphatic carbocycles. The van der Waals surface area contributed by atoms with Crippen LogP contribution in [0.25, 0.3) is 0 Å². The summed E-state index contributed by atoms with van der Waals surface area (Å²) in [6, 6.07) is 3.78. The van der Waals surface area contributed by atoms with Gasteiger partial charge in [-0.1, -0.05) is 11.6 Å². The van der Waals surface area contributed by atoms with Gasteiger partial charge in [0.15, 0.2) is 0 Å². The van der Waals surface area contributed by atoms with Gasteiger partial charge in [-0.05, 0) is 44.0 Å². The highest BCUT2D eigenvalue weighted by atomic mass is 35.5. The van der Waals surface area contributed by atoms with Gasteiger partial charge in [-0.3, -0.25) is 0 Å². The molecule has 14 heavy (non-hydrogen) atoms. The van der Waals surface area contributed by atoms with Gasteiger partial charge in [-0.15, -0.1) is 0 Å². The smallest absolute Gasteiger partial charge is 0.122 e. The minimum absolute atomic E-state index is 0.446. The third-order valence-electron chi connectivity index (χ3n) is 2.18. The summed E-state index contributed by atoms with van der Waals surface area (Å²) in [7, 11) is 1.64. The van der Waals surface area contributed by atoms with E-state index >= 15 is 0 Å². The Morgan fingerprint density at radius 2 is 1.93 bits per heavy atom. The molecule has 3 heteroatoms. The van der Waals surface area contributed by atoms with E-state index in [1.807, 2.05) is 32.9 Å². The second-order valence-corrected chi connectivity index (χ2v) is 4.43. The molecular formula is C11H16ClNO. The number of hydrogen-bond acceptors (Lipinski definition) is 2. The van der Waals surface area contributed by atoms with Gasteiger partial charge in [0.25, 0.3) is 0 Å². The normalized spacial score (nSPS) is 11.6. The number of nitrogens with two attached hydrogens (primary N) is 1. The fourth-order valence-corrected chi connectivity index (χ4v) is 1.83. The number of hydrogen-bond donors (Lipinski definition) is 1. The Morgan fingerprint density at radius 1 is 1.36 bits per heavy atom. The predicted octanol–water partition coefficient (Wildman–Crippen LogP) is 2.85. The summed E-state index contributed by atoms with van der Waals surface area (Å²) in [5, 5.41) is 0.691. The van der Waals surface area contributed by atoms with Gasteiger partial charge in [0, 0.05) is 10.6 Å². The standard InChI is InChI=1S/C11H16ClNO/c1-7-5-9(12)8(11(2,3)13)6-10(7)14-4/h5-6H,13H2,1-4H3. The van der Waals surface area contributed by atoms with E-state index in [9.17, 15) is 0 Å². The molecule has 78 valence electrons. The van der Waals surface area contributed by atoms with Crippen molar-refractivity contribution in [2.24, 2.45) is 5.73 Å². The Morgan fingerprint density at radius 3 is 2.36 bits per heavy atom. The van der Waals surface area contributed by atoms with Gasteiger partial charge in [0.1, 0.15) is 5.75 Å². The molecule has 1 rings (SSSR count). The van der Waals surface area contributed by atoms with E-state index in [1.54, 1.807) is 7.11 Å². The fourth-order valence-electron chi connectivity index (χ4n) is 1.37. The number of benzene rings is 1. The van der Waals surface area contributed by atoms with Crippen molar-refractivity contribution in [2.45, 2.75) is 26.3 Å². The molecule has 2 N–H and O–H groups in total. The second kappa shape index (κ2) is 3.79. The average molecular weight is 214 g/mol. The Labute approximate surface area is 90.0 Å². The molecule has 0 amide bonds. The van der Waals surface area contributed by atoms with Crippen LogP contribution in [0.3, 0.4) is 0 Å². The van der Waals surface area contributed by atoms with Crippen LogP contribution < -0.4 is 10.5 Å². The number of ether oxygens (including phenoxy) is 1. The highest BCUT2D eigenvalue weighted by molar-refractivity contribution is 6.31. The lowest BCUT2D eigenvalue weighted by Gasteiger charge is -2.22. The minimum Gasteiger partial charge on any atom is -0.496 e. The van der Waals surface area contributed by atoms with Crippen molar-refractivity contribution >= 4 is 11.6 Å². The minimum atomic E-state index is -0.446. The molecule has 0 aliphatic heterocycles. The lowest BCUT2D eigenvalue weighted by atomic mass is 9.94. The number of halogens is 1. The van der Waals surface area contributed by atoms with Crippen LogP contribution in [0.4, 0.5) is 0 Å². The molecule has 1 aromatic carbocycles. The monoisotopic (exact) mass is 213 g/mol. The van der Waals surface area contributed by atoms with Gasteiger partial charge >= 0.3 is 0 Å². The van der Waals surface area contributed by atoms with E-state index in [-0.39, 0.29) is 0 Å². The average Bonchev–Trinajstić information content (AvgIpc) is 2.02. The Bertz CT molecular complexity index is 342. The summed E-state index contributed by atoms with van der Waals surface area (Å²) in [4.78, 5) is 0. The molecule has 0 heterocycles. The molecule has 0 atom stereocenters. The van der Waals surface area contributed by atoms with Crippen LogP contribution in [0.1, 0.15) is 25.0 Å². The van der Waals surface area contributed by atoms with Crippen LogP contribution in [-0.2, 0) is 5.54 Å². The lowest BCUT2D eigenvalue weighted by molar-refractivity contribution is 0.409. The van der Waals surface area contributed by atoms with E-state index in [0.717, 1.165) is 16.9 Å². The first-order chi connectivity index (χ1) is 6.36. The van der Waals surface area contributed by atoms with Crippen LogP contribution >= 0.6 is 11.6 Å². The third-order valence-corrected chi connectivity index (χ3v) is 2.49. The van der Waals surface area contributed by atoms with Gasteiger partial charge in [0.2, 0.25) is 0 Å². The molecule has 0 saturated carbocycles. The molecular weight excluding hydrogens is 198 g/mol. The summed E-state index contributed by atoms with van der Waals surface area (Å²) in [5.74, 6) is 0.822. The van der Waals surface area contributed by atoms with Crippen LogP contribution in [0.2, 0.25) is 5.02 Å². The van der Waals surface area contributed by atoms with E-state index < -0.39 is 5.54 Å². The fraction of sp³-hybridized carbons (Fsp3) is 0.455. The maximum atomic E-state index is 6.11. The molecule has 2 nitrogen and oxygen atoms in total. The maximum Gasteiger partial charge on any atom is 0.122 e. The summed E-state index contributed by atoms with van der Waals surface area (Å²) in [6.45, 7) is 5.80. The molecule has 0 radical (unpaired) electrons. The molecule has 1 aromatic rings. The van der Waals surface area contributed by atoms with E-state index in [4.69, 9.17) is 22.1 Å². The summed E-state index contributed by atoms with van der Waals surface area (Å²) in [5.41, 5.74) is 7.47. The Balaban J connectivity index is 3.32. The van der Waals surface area contributed by atoms with Crippen molar-refractivity contribution in [1.82, 2.24) is 0 Å². The zero-order valence-electron chi connectivity index (χ0n) is 9.02. The Hall–Kier alpha value is -0.730. The zero-order chi connectivity index (χ0) is 10.9. The first-order valence-electron chi connectivity index (χ1n) is 4.49. The van der Waals surface area contributed by atoms with Crippen molar-refractivity contribution < 1.29 is 4.74 Å². The molecule has 0 fully saturated rings.